The molecule has 2 nitrogen and oxygen atoms in total. The van der Waals surface area contributed by atoms with E-state index in [0.717, 1.165) is 6.42 Å². The largest absolute Gasteiger partial charge is 0.392 e. The van der Waals surface area contributed by atoms with Crippen LogP contribution in [0.3, 0.4) is 0 Å². The molecule has 0 bridgehead atoms. The van der Waals surface area contributed by atoms with Crippen molar-refractivity contribution in [3.8, 4) is 0 Å². The molecule has 3 N–H and O–H groups in total. The fourth-order valence-corrected chi connectivity index (χ4v) is 3.59. The molecule has 3 unspecified atom stereocenters. The second kappa shape index (κ2) is 6.73. The summed E-state index contributed by atoms with van der Waals surface area (Å²) in [7, 11) is 0. The van der Waals surface area contributed by atoms with Crippen molar-refractivity contribution in [3.05, 3.63) is 33.8 Å². The van der Waals surface area contributed by atoms with Crippen molar-refractivity contribution >= 4 is 23.2 Å². The molecule has 0 aromatic heterocycles. The van der Waals surface area contributed by atoms with E-state index >= 15 is 0 Å². The summed E-state index contributed by atoms with van der Waals surface area (Å²) >= 11 is 12.1. The van der Waals surface area contributed by atoms with Crippen molar-refractivity contribution in [1.29, 1.82) is 0 Å². The number of rotatable bonds is 3. The summed E-state index contributed by atoms with van der Waals surface area (Å²) in [6.45, 7) is 0. The summed E-state index contributed by atoms with van der Waals surface area (Å²) in [4.78, 5) is 0. The average Bonchev–Trinajstić information content (AvgIpc) is 2.44. The van der Waals surface area contributed by atoms with Crippen molar-refractivity contribution in [3.63, 3.8) is 0 Å². The molecule has 7 heteroatoms. The first kappa shape index (κ1) is 16.9. The van der Waals surface area contributed by atoms with Crippen LogP contribution in [0.25, 0.3) is 0 Å². The highest BCUT2D eigenvalue weighted by Gasteiger charge is 2.48. The van der Waals surface area contributed by atoms with E-state index in [1.165, 1.54) is 0 Å². The summed E-state index contributed by atoms with van der Waals surface area (Å²) in [5.41, 5.74) is 3.04. The third-order valence-corrected chi connectivity index (χ3v) is 5.00. The van der Waals surface area contributed by atoms with Gasteiger partial charge < -0.3 is 0 Å². The first-order chi connectivity index (χ1) is 9.86. The van der Waals surface area contributed by atoms with E-state index in [9.17, 15) is 13.2 Å². The molecule has 1 aromatic carbocycles. The van der Waals surface area contributed by atoms with Gasteiger partial charge in [0.15, 0.2) is 0 Å². The topological polar surface area (TPSA) is 38.0 Å². The molecule has 2 rings (SSSR count). The molecule has 0 amide bonds. The predicted octanol–water partition coefficient (Wildman–Crippen LogP) is 4.87. The minimum atomic E-state index is -4.23. The Morgan fingerprint density at radius 1 is 1.19 bits per heavy atom. The molecule has 0 heterocycles. The third kappa shape index (κ3) is 3.65. The highest BCUT2D eigenvalue weighted by Crippen LogP contribution is 2.47. The van der Waals surface area contributed by atoms with Gasteiger partial charge in [-0.2, -0.15) is 13.2 Å². The van der Waals surface area contributed by atoms with Crippen LogP contribution in [-0.2, 0) is 0 Å². The minimum Gasteiger partial charge on any atom is -0.271 e. The second-order valence-electron chi connectivity index (χ2n) is 5.38. The number of nitrogens with two attached hydrogens (primary N) is 1. The van der Waals surface area contributed by atoms with Gasteiger partial charge in [0, 0.05) is 0 Å². The summed E-state index contributed by atoms with van der Waals surface area (Å²) in [6, 6.07) is 4.27. The van der Waals surface area contributed by atoms with Crippen LogP contribution >= 0.6 is 23.2 Å². The lowest BCUT2D eigenvalue weighted by atomic mass is 9.73. The molecule has 3 atom stereocenters. The molecule has 0 saturated heterocycles. The van der Waals surface area contributed by atoms with Gasteiger partial charge in [-0.3, -0.25) is 11.3 Å². The van der Waals surface area contributed by atoms with Crippen molar-refractivity contribution in [1.82, 2.24) is 5.43 Å². The molecule has 1 aromatic rings. The van der Waals surface area contributed by atoms with Gasteiger partial charge in [0.25, 0.3) is 0 Å². The van der Waals surface area contributed by atoms with E-state index in [0.29, 0.717) is 23.4 Å². The zero-order chi connectivity index (χ0) is 15.6. The number of nitrogens with one attached hydrogen (secondary N) is 1. The van der Waals surface area contributed by atoms with Crippen molar-refractivity contribution in [2.75, 3.05) is 0 Å². The Labute approximate surface area is 131 Å². The Morgan fingerprint density at radius 2 is 1.86 bits per heavy atom. The predicted molar refractivity (Wildman–Crippen MR) is 78.0 cm³/mol. The molecule has 0 spiro atoms. The van der Waals surface area contributed by atoms with Crippen LogP contribution in [0.4, 0.5) is 13.2 Å². The third-order valence-electron chi connectivity index (χ3n) is 4.16. The molecule has 1 aliphatic carbocycles. The van der Waals surface area contributed by atoms with E-state index in [1.807, 2.05) is 0 Å². The molecular weight excluding hydrogens is 324 g/mol. The van der Waals surface area contributed by atoms with E-state index in [1.54, 1.807) is 18.2 Å². The summed E-state index contributed by atoms with van der Waals surface area (Å²) < 4.78 is 39.8. The molecule has 1 aliphatic rings. The molecule has 0 radical (unpaired) electrons. The van der Waals surface area contributed by atoms with Crippen molar-refractivity contribution < 1.29 is 13.2 Å². The monoisotopic (exact) mass is 340 g/mol. The highest BCUT2D eigenvalue weighted by molar-refractivity contribution is 6.42. The first-order valence-electron chi connectivity index (χ1n) is 6.83. The zero-order valence-corrected chi connectivity index (χ0v) is 12.8. The van der Waals surface area contributed by atoms with E-state index in [-0.39, 0.29) is 11.4 Å². The molecule has 1 fully saturated rings. The van der Waals surface area contributed by atoms with Crippen LogP contribution in [0, 0.1) is 11.8 Å². The van der Waals surface area contributed by atoms with E-state index < -0.39 is 24.1 Å². The van der Waals surface area contributed by atoms with Crippen molar-refractivity contribution in [2.45, 2.75) is 37.9 Å². The number of halogens is 5. The quantitative estimate of drug-likeness (QED) is 0.608. The average molecular weight is 341 g/mol. The lowest BCUT2D eigenvalue weighted by Crippen LogP contribution is -2.43. The van der Waals surface area contributed by atoms with Crippen molar-refractivity contribution in [2.24, 2.45) is 17.7 Å². The first-order valence-corrected chi connectivity index (χ1v) is 7.58. The van der Waals surface area contributed by atoms with Gasteiger partial charge >= 0.3 is 6.18 Å². The Bertz CT molecular complexity index is 494. The molecule has 118 valence electrons. The summed E-state index contributed by atoms with van der Waals surface area (Å²) in [6.07, 6.45) is -2.30. The van der Waals surface area contributed by atoms with Gasteiger partial charge in [0.05, 0.1) is 22.0 Å². The summed E-state index contributed by atoms with van der Waals surface area (Å²) in [5, 5.41) is 0.572. The number of benzene rings is 1. The maximum atomic E-state index is 13.3. The smallest absolute Gasteiger partial charge is 0.271 e. The Morgan fingerprint density at radius 3 is 2.48 bits per heavy atom. The van der Waals surface area contributed by atoms with Gasteiger partial charge in [0.1, 0.15) is 0 Å². The highest BCUT2D eigenvalue weighted by atomic mass is 35.5. The van der Waals surface area contributed by atoms with Crippen LogP contribution in [0.2, 0.25) is 10.0 Å². The number of hydrogen-bond acceptors (Lipinski definition) is 2. The van der Waals surface area contributed by atoms with Gasteiger partial charge in [-0.1, -0.05) is 48.2 Å². The second-order valence-corrected chi connectivity index (χ2v) is 6.17. The lowest BCUT2D eigenvalue weighted by Gasteiger charge is -2.38. The van der Waals surface area contributed by atoms with Gasteiger partial charge in [-0.25, -0.2) is 0 Å². The molecule has 21 heavy (non-hydrogen) atoms. The summed E-state index contributed by atoms with van der Waals surface area (Å²) in [5.74, 6) is 3.53. The normalized spacial score (nSPS) is 24.9. The maximum Gasteiger partial charge on any atom is 0.392 e. The number of hydrogen-bond donors (Lipinski definition) is 2. The van der Waals surface area contributed by atoms with Crippen LogP contribution in [0.15, 0.2) is 18.2 Å². The maximum absolute atomic E-state index is 13.3. The SMILES string of the molecule is NNC(c1cccc(Cl)c1Cl)C1CCCCC1C(F)(F)F. The minimum absolute atomic E-state index is 0.129. The fourth-order valence-electron chi connectivity index (χ4n) is 3.17. The van der Waals surface area contributed by atoms with E-state index in [4.69, 9.17) is 29.0 Å². The fraction of sp³-hybridized carbons (Fsp3) is 0.571. The van der Waals surface area contributed by atoms with Gasteiger partial charge in [0.2, 0.25) is 0 Å². The van der Waals surface area contributed by atoms with Crippen LogP contribution in [0.1, 0.15) is 37.3 Å². The van der Waals surface area contributed by atoms with Crippen LogP contribution in [-0.4, -0.2) is 6.18 Å². The van der Waals surface area contributed by atoms with Gasteiger partial charge in [-0.05, 0) is 30.4 Å². The number of hydrazine groups is 1. The Balaban J connectivity index is 2.36. The molecule has 0 aliphatic heterocycles. The Kier molecular flexibility index (Phi) is 5.41. The molecular formula is C14H17Cl2F3N2. The zero-order valence-electron chi connectivity index (χ0n) is 11.3. The Hall–Kier alpha value is -0.490. The van der Waals surface area contributed by atoms with Gasteiger partial charge in [-0.15, -0.1) is 0 Å². The van der Waals surface area contributed by atoms with Crippen LogP contribution in [0.5, 0.6) is 0 Å². The van der Waals surface area contributed by atoms with Crippen LogP contribution < -0.4 is 11.3 Å². The van der Waals surface area contributed by atoms with E-state index in [2.05, 4.69) is 5.43 Å². The molecule has 1 saturated carbocycles. The number of alkyl halides is 3. The standard InChI is InChI=1S/C14H17Cl2F3N2/c15-11-7-3-5-9(12(11)16)13(21-20)8-4-1-2-6-10(8)14(17,18)19/h3,5,7-8,10,13,21H,1-2,4,6,20H2. The lowest BCUT2D eigenvalue weighted by molar-refractivity contribution is -0.199.